The lowest BCUT2D eigenvalue weighted by Crippen LogP contribution is -2.25. The molecule has 0 radical (unpaired) electrons. The number of aryl methyl sites for hydroxylation is 1. The summed E-state index contributed by atoms with van der Waals surface area (Å²) in [7, 11) is 1.66. The molecule has 0 spiro atoms. The summed E-state index contributed by atoms with van der Waals surface area (Å²) in [6, 6.07) is 7.94. The van der Waals surface area contributed by atoms with Crippen LogP contribution in [0, 0.1) is 0 Å². The number of anilines is 2. The Hall–Kier alpha value is -2.19. The Balaban J connectivity index is 0.00000392. The van der Waals surface area contributed by atoms with Gasteiger partial charge in [0.15, 0.2) is 11.6 Å². The maximum atomic E-state index is 9.56. The highest BCUT2D eigenvalue weighted by Crippen LogP contribution is 2.23. The molecule has 1 aromatic carbocycles. The lowest BCUT2D eigenvalue weighted by atomic mass is 10.1. The van der Waals surface area contributed by atoms with Crippen molar-refractivity contribution in [2.45, 2.75) is 45.1 Å². The number of nitrogens with one attached hydrogen (secondary N) is 1. The van der Waals surface area contributed by atoms with Crippen LogP contribution in [0.2, 0.25) is 0 Å². The van der Waals surface area contributed by atoms with E-state index < -0.39 is 0 Å². The van der Waals surface area contributed by atoms with E-state index >= 15 is 0 Å². The van der Waals surface area contributed by atoms with E-state index in [1.807, 2.05) is 12.1 Å². The van der Waals surface area contributed by atoms with E-state index in [1.165, 1.54) is 5.56 Å². The second kappa shape index (κ2) is 13.1. The van der Waals surface area contributed by atoms with Crippen LogP contribution in [0.3, 0.4) is 0 Å². The van der Waals surface area contributed by atoms with Crippen molar-refractivity contribution in [1.82, 2.24) is 9.97 Å². The Bertz CT molecular complexity index is 686. The zero-order valence-electron chi connectivity index (χ0n) is 16.6. The number of hydrogen-bond donors (Lipinski definition) is 3. The molecular weight excluding hydrogens is 376 g/mol. The molecule has 0 aliphatic carbocycles. The third-order valence-corrected chi connectivity index (χ3v) is 4.27. The SMILES string of the molecule is CCCC[C@@H](CO)Nc1nc(N)ncc1OCCCc1ccc(OC)cc1.S. The maximum absolute atomic E-state index is 9.56. The molecular formula is C20H32N4O3S. The molecule has 1 heterocycles. The van der Waals surface area contributed by atoms with Crippen LogP contribution in [0.1, 0.15) is 38.2 Å². The first kappa shape index (κ1) is 23.8. The van der Waals surface area contributed by atoms with Crippen molar-refractivity contribution in [3.63, 3.8) is 0 Å². The number of rotatable bonds is 12. The van der Waals surface area contributed by atoms with Crippen LogP contribution >= 0.6 is 13.5 Å². The maximum Gasteiger partial charge on any atom is 0.222 e. The largest absolute Gasteiger partial charge is 0.497 e. The van der Waals surface area contributed by atoms with Crippen molar-refractivity contribution < 1.29 is 14.6 Å². The van der Waals surface area contributed by atoms with Crippen molar-refractivity contribution in [2.75, 3.05) is 31.4 Å². The number of unbranched alkanes of at least 4 members (excludes halogenated alkanes) is 1. The van der Waals surface area contributed by atoms with E-state index in [-0.39, 0.29) is 32.1 Å². The summed E-state index contributed by atoms with van der Waals surface area (Å²) in [5.74, 6) is 2.11. The summed E-state index contributed by atoms with van der Waals surface area (Å²) in [6.07, 6.45) is 6.28. The minimum Gasteiger partial charge on any atom is -0.497 e. The molecule has 1 atom stereocenters. The van der Waals surface area contributed by atoms with Gasteiger partial charge in [-0.25, -0.2) is 4.98 Å². The fourth-order valence-corrected chi connectivity index (χ4v) is 2.70. The summed E-state index contributed by atoms with van der Waals surface area (Å²) in [5, 5.41) is 12.8. The molecule has 0 unspecified atom stereocenters. The van der Waals surface area contributed by atoms with E-state index in [0.29, 0.717) is 18.2 Å². The number of aliphatic hydroxyl groups is 1. The Labute approximate surface area is 174 Å². The van der Waals surface area contributed by atoms with E-state index in [1.54, 1.807) is 13.3 Å². The summed E-state index contributed by atoms with van der Waals surface area (Å²) in [5.41, 5.74) is 6.94. The van der Waals surface area contributed by atoms with Crippen LogP contribution in [0.5, 0.6) is 11.5 Å². The van der Waals surface area contributed by atoms with Gasteiger partial charge >= 0.3 is 0 Å². The monoisotopic (exact) mass is 408 g/mol. The average molecular weight is 409 g/mol. The molecule has 0 saturated heterocycles. The third-order valence-electron chi connectivity index (χ3n) is 4.27. The number of nitrogens with two attached hydrogens (primary N) is 1. The fourth-order valence-electron chi connectivity index (χ4n) is 2.70. The first-order valence-corrected chi connectivity index (χ1v) is 9.41. The van der Waals surface area contributed by atoms with Crippen molar-refractivity contribution in [1.29, 1.82) is 0 Å². The van der Waals surface area contributed by atoms with Crippen LogP contribution in [0.4, 0.5) is 11.8 Å². The molecule has 7 nitrogen and oxygen atoms in total. The van der Waals surface area contributed by atoms with E-state index in [4.69, 9.17) is 15.2 Å². The van der Waals surface area contributed by atoms with Gasteiger partial charge in [0, 0.05) is 0 Å². The second-order valence-electron chi connectivity index (χ2n) is 6.41. The van der Waals surface area contributed by atoms with Gasteiger partial charge in [0.2, 0.25) is 5.95 Å². The van der Waals surface area contributed by atoms with Gasteiger partial charge in [0.1, 0.15) is 5.75 Å². The predicted octanol–water partition coefficient (Wildman–Crippen LogP) is 3.15. The average Bonchev–Trinajstić information content (AvgIpc) is 2.70. The summed E-state index contributed by atoms with van der Waals surface area (Å²) < 4.78 is 11.0. The van der Waals surface area contributed by atoms with Crippen molar-refractivity contribution in [2.24, 2.45) is 0 Å². The van der Waals surface area contributed by atoms with Crippen LogP contribution in [-0.4, -0.2) is 41.4 Å². The molecule has 0 amide bonds. The van der Waals surface area contributed by atoms with Crippen LogP contribution < -0.4 is 20.5 Å². The number of ether oxygens (including phenoxy) is 2. The number of nitrogens with zero attached hydrogens (tertiary/aromatic N) is 2. The van der Waals surface area contributed by atoms with Crippen LogP contribution in [0.25, 0.3) is 0 Å². The standard InChI is InChI=1S/C20H30N4O3.H2S/c1-3-4-7-16(14-25)23-19-18(13-22-20(21)24-19)27-12-5-6-15-8-10-17(26-2)11-9-15;/h8-11,13,16,25H,3-7,12,14H2,1-2H3,(H3,21,22,23,24);1H2/t16-;/m0./s1. The number of hydrogen-bond acceptors (Lipinski definition) is 7. The van der Waals surface area contributed by atoms with Gasteiger partial charge in [0.25, 0.3) is 0 Å². The molecule has 4 N–H and O–H groups in total. The number of nitrogen functional groups attached to an aromatic ring is 1. The number of methoxy groups -OCH3 is 1. The van der Waals surface area contributed by atoms with E-state index in [9.17, 15) is 5.11 Å². The first-order chi connectivity index (χ1) is 13.2. The van der Waals surface area contributed by atoms with Crippen molar-refractivity contribution >= 4 is 25.3 Å². The molecule has 0 aliphatic rings. The minimum atomic E-state index is -0.0825. The predicted molar refractivity (Wildman–Crippen MR) is 118 cm³/mol. The van der Waals surface area contributed by atoms with Crippen molar-refractivity contribution in [3.05, 3.63) is 36.0 Å². The van der Waals surface area contributed by atoms with Gasteiger partial charge in [-0.2, -0.15) is 18.5 Å². The summed E-state index contributed by atoms with van der Waals surface area (Å²) >= 11 is 0. The zero-order chi connectivity index (χ0) is 19.5. The third kappa shape index (κ3) is 7.82. The topological polar surface area (TPSA) is 103 Å². The summed E-state index contributed by atoms with van der Waals surface area (Å²) in [4.78, 5) is 8.25. The molecule has 1 aromatic heterocycles. The van der Waals surface area contributed by atoms with Crippen molar-refractivity contribution in [3.8, 4) is 11.5 Å². The highest BCUT2D eigenvalue weighted by atomic mass is 32.1. The molecule has 0 fully saturated rings. The van der Waals surface area contributed by atoms with Gasteiger partial charge in [-0.05, 0) is 37.0 Å². The van der Waals surface area contributed by atoms with Gasteiger partial charge in [-0.3, -0.25) is 0 Å². The first-order valence-electron chi connectivity index (χ1n) is 9.41. The Kier molecular flexibility index (Phi) is 11.1. The quantitative estimate of drug-likeness (QED) is 0.464. The Morgan fingerprint density at radius 3 is 2.61 bits per heavy atom. The summed E-state index contributed by atoms with van der Waals surface area (Å²) in [6.45, 7) is 2.68. The molecule has 2 aromatic rings. The Morgan fingerprint density at radius 2 is 1.96 bits per heavy atom. The highest BCUT2D eigenvalue weighted by molar-refractivity contribution is 7.59. The van der Waals surface area contributed by atoms with E-state index in [2.05, 4.69) is 34.3 Å². The van der Waals surface area contributed by atoms with Gasteiger partial charge in [-0.15, -0.1) is 0 Å². The highest BCUT2D eigenvalue weighted by Gasteiger charge is 2.13. The minimum absolute atomic E-state index is 0. The molecule has 156 valence electrons. The molecule has 8 heteroatoms. The second-order valence-corrected chi connectivity index (χ2v) is 6.41. The molecule has 2 rings (SSSR count). The van der Waals surface area contributed by atoms with E-state index in [0.717, 1.165) is 37.9 Å². The number of benzene rings is 1. The smallest absolute Gasteiger partial charge is 0.222 e. The van der Waals surface area contributed by atoms with Gasteiger partial charge in [0.05, 0.1) is 32.6 Å². The molecule has 0 bridgehead atoms. The van der Waals surface area contributed by atoms with Crippen LogP contribution in [0.15, 0.2) is 30.5 Å². The van der Waals surface area contributed by atoms with Gasteiger partial charge in [-0.1, -0.05) is 31.9 Å². The number of aliphatic hydroxyl groups excluding tert-OH is 1. The molecule has 0 saturated carbocycles. The van der Waals surface area contributed by atoms with Crippen LogP contribution in [-0.2, 0) is 6.42 Å². The zero-order valence-corrected chi connectivity index (χ0v) is 17.6. The number of aromatic nitrogens is 2. The molecule has 28 heavy (non-hydrogen) atoms. The Morgan fingerprint density at radius 1 is 1.21 bits per heavy atom. The lowest BCUT2D eigenvalue weighted by molar-refractivity contribution is 0.265. The van der Waals surface area contributed by atoms with Gasteiger partial charge < -0.3 is 25.6 Å². The lowest BCUT2D eigenvalue weighted by Gasteiger charge is -2.19. The molecule has 0 aliphatic heterocycles. The fraction of sp³-hybridized carbons (Fsp3) is 0.500. The normalized spacial score (nSPS) is 11.4.